The smallest absolute Gasteiger partial charge is 0.306 e. The Labute approximate surface area is 496 Å². The van der Waals surface area contributed by atoms with Gasteiger partial charge in [0.05, 0.1) is 23.8 Å². The average molecular weight is 1190 g/mol. The number of nitrogens with zero attached hydrogens (tertiary/aromatic N) is 3. The van der Waals surface area contributed by atoms with Gasteiger partial charge in [-0.05, 0) is 115 Å². The minimum Gasteiger partial charge on any atom is -0.481 e. The number of amides is 5. The van der Waals surface area contributed by atoms with Crippen LogP contribution in [0.2, 0.25) is 0 Å². The van der Waals surface area contributed by atoms with E-state index in [1.165, 1.54) is 23.1 Å². The predicted octanol–water partition coefficient (Wildman–Crippen LogP) is 8.55. The molecule has 1 heterocycles. The molecule has 0 fully saturated rings. The number of carboxylic acid groups (broad SMARTS) is 1. The molecule has 1 aromatic heterocycles. The second-order valence-electron chi connectivity index (χ2n) is 22.6. The number of carbonyl (C=O) groups excluding carboxylic acids is 7. The van der Waals surface area contributed by atoms with Gasteiger partial charge in [0.25, 0.3) is 5.91 Å². The molecule has 6 N–H and O–H groups in total. The van der Waals surface area contributed by atoms with Crippen molar-refractivity contribution in [3.63, 3.8) is 0 Å². The highest BCUT2D eigenvalue weighted by atomic mass is 32.2. The molecule has 0 aliphatic heterocycles. The maximum atomic E-state index is 14.8. The lowest BCUT2D eigenvalue weighted by Crippen LogP contribution is -2.51. The van der Waals surface area contributed by atoms with E-state index in [0.29, 0.717) is 68.9 Å². The van der Waals surface area contributed by atoms with E-state index in [1.807, 2.05) is 96.8 Å². The molecule has 82 heavy (non-hydrogen) atoms. The molecule has 0 saturated carbocycles. The number of hydrogen-bond donors (Lipinski definition) is 6. The zero-order chi connectivity index (χ0) is 61.5. The molecular weight excluding hydrogens is 1090 g/mol. The highest BCUT2D eigenvalue weighted by Crippen LogP contribution is 2.34. The van der Waals surface area contributed by atoms with Crippen LogP contribution in [-0.2, 0) is 54.3 Å². The maximum absolute atomic E-state index is 14.8. The molecule has 7 atom stereocenters. The van der Waals surface area contributed by atoms with Crippen molar-refractivity contribution >= 4 is 75.9 Å². The number of unbranched alkanes of at least 4 members (excludes halogenated alkanes) is 1. The van der Waals surface area contributed by atoms with Crippen LogP contribution < -0.4 is 21.3 Å². The molecule has 464 valence electrons. The van der Waals surface area contributed by atoms with E-state index in [1.54, 1.807) is 12.3 Å². The number of aliphatic carboxylic acids is 1. The first-order valence-corrected chi connectivity index (χ1v) is 31.5. The van der Waals surface area contributed by atoms with Gasteiger partial charge in [-0.1, -0.05) is 73.4 Å². The van der Waals surface area contributed by atoms with Crippen LogP contribution in [-0.4, -0.2) is 162 Å². The molecule has 0 aliphatic carbocycles. The van der Waals surface area contributed by atoms with Crippen LogP contribution in [0.15, 0.2) is 23.6 Å². The largest absolute Gasteiger partial charge is 0.481 e. The Morgan fingerprint density at radius 1 is 0.878 bits per heavy atom. The first kappa shape index (κ1) is 73.3. The number of ketones is 2. The third kappa shape index (κ3) is 26.0. The van der Waals surface area contributed by atoms with E-state index in [-0.39, 0.29) is 123 Å². The number of rotatable bonds is 44. The topological polar surface area (TPSA) is 272 Å². The lowest BCUT2D eigenvalue weighted by atomic mass is 9.81. The number of ether oxygens (including phenoxy) is 2. The number of carboxylic acids is 1. The zero-order valence-corrected chi connectivity index (χ0v) is 53.0. The molecule has 20 nitrogen and oxygen atoms in total. The number of aryl methyl sites for hydroxylation is 1. The third-order valence-corrected chi connectivity index (χ3v) is 16.7. The first-order valence-electron chi connectivity index (χ1n) is 29.2. The van der Waals surface area contributed by atoms with Crippen LogP contribution in [0, 0.1) is 36.5 Å². The van der Waals surface area contributed by atoms with E-state index in [2.05, 4.69) is 40.0 Å². The molecule has 0 radical (unpaired) electrons. The number of thioether (sulfide) groups is 1. The SMILES string of the molecule is CCCO[C@H](C[C@H](C(C)C)N(CCC)C(=O)[C@@H](CC(=O)C(C)(C)N(C)C)C(C)CC)c1nc(C(=O)N[C@@H](Cc2ccc(C)c(NC(=O)CCCNC(=O)C(CCCCNC(=O)COCCOO)CC(=O)CSC)c2)CC(C)C(=O)O)cs1. The minimum absolute atomic E-state index is 0.0128. The number of thiazole rings is 1. The second-order valence-corrected chi connectivity index (χ2v) is 24.4. The molecule has 3 unspecified atom stereocenters. The number of likely N-dealkylation sites (N-methyl/N-ethyl adjacent to an activating group) is 1. The summed E-state index contributed by atoms with van der Waals surface area (Å²) in [5.74, 6) is -4.03. The number of benzene rings is 1. The quantitative estimate of drug-likeness (QED) is 0.0206. The summed E-state index contributed by atoms with van der Waals surface area (Å²) >= 11 is 2.68. The fourth-order valence-corrected chi connectivity index (χ4v) is 10.6. The third-order valence-electron chi connectivity index (χ3n) is 15.1. The van der Waals surface area contributed by atoms with Gasteiger partial charge in [-0.2, -0.15) is 11.8 Å². The van der Waals surface area contributed by atoms with Gasteiger partial charge in [0.1, 0.15) is 35.8 Å². The summed E-state index contributed by atoms with van der Waals surface area (Å²) in [5.41, 5.74) is 1.50. The van der Waals surface area contributed by atoms with Crippen molar-refractivity contribution in [1.29, 1.82) is 0 Å². The molecule has 5 amide bonds. The first-order chi connectivity index (χ1) is 38.8. The van der Waals surface area contributed by atoms with E-state index in [4.69, 9.17) is 19.7 Å². The van der Waals surface area contributed by atoms with Gasteiger partial charge in [-0.25, -0.2) is 9.87 Å². The molecule has 1 aromatic carbocycles. The molecule has 0 saturated heterocycles. The standard InChI is InChI=1S/C60H99N7O13S2/c1-14-26-67(58(74)47(40(6)16-3)34-52(69)60(9,10)66(11)12)50(39(4)5)35-51(79-27-15-2)57-65-49(38-82-57)56(73)63-45(30-42(8)59(75)76)31-43-23-22-41(7)48(32-43)64-53(70)21-19-25-62-55(72)44(33-46(68)37-81-13)20-17-18-24-61-54(71)36-78-28-29-80-77/h22-23,32,38-40,42,44-45,47,50-51,77H,14-21,24-31,33-37H2,1-13H3,(H,61,71)(H,62,72)(H,63,73)(H,64,70)(H,75,76)/t40?,42?,44?,45-,47+,50-,51-/m1/s1. The normalized spacial score (nSPS) is 14.3. The van der Waals surface area contributed by atoms with Gasteiger partial charge >= 0.3 is 5.97 Å². The summed E-state index contributed by atoms with van der Waals surface area (Å²) in [7, 11) is 3.75. The van der Waals surface area contributed by atoms with Crippen LogP contribution in [0.25, 0.3) is 0 Å². The van der Waals surface area contributed by atoms with Gasteiger partial charge in [-0.15, -0.1) is 11.3 Å². The van der Waals surface area contributed by atoms with Crippen LogP contribution in [0.4, 0.5) is 5.69 Å². The lowest BCUT2D eigenvalue weighted by Gasteiger charge is -2.40. The monoisotopic (exact) mass is 1190 g/mol. The van der Waals surface area contributed by atoms with Gasteiger partial charge in [0, 0.05) is 86.9 Å². The van der Waals surface area contributed by atoms with Crippen LogP contribution in [0.3, 0.4) is 0 Å². The Balaban J connectivity index is 2.23. The Hall–Kier alpha value is -4.84. The Morgan fingerprint density at radius 3 is 2.21 bits per heavy atom. The van der Waals surface area contributed by atoms with Crippen molar-refractivity contribution in [2.75, 3.05) is 77.5 Å². The number of carbonyl (C=O) groups is 8. The molecule has 0 aliphatic rings. The van der Waals surface area contributed by atoms with E-state index >= 15 is 0 Å². The summed E-state index contributed by atoms with van der Waals surface area (Å²) in [6.45, 7) is 20.9. The molecule has 2 aromatic rings. The van der Waals surface area contributed by atoms with Gasteiger partial charge in [-0.3, -0.25) is 48.5 Å². The number of nitrogens with one attached hydrogen (secondary N) is 4. The number of aromatic nitrogens is 1. The van der Waals surface area contributed by atoms with E-state index in [9.17, 15) is 43.5 Å². The summed E-state index contributed by atoms with van der Waals surface area (Å²) in [4.78, 5) is 119. The van der Waals surface area contributed by atoms with Crippen molar-refractivity contribution in [3.05, 3.63) is 45.4 Å². The van der Waals surface area contributed by atoms with Gasteiger partial charge in [0.2, 0.25) is 23.6 Å². The summed E-state index contributed by atoms with van der Waals surface area (Å²) in [5, 5.41) is 32.2. The van der Waals surface area contributed by atoms with E-state index in [0.717, 1.165) is 24.0 Å². The fourth-order valence-electron chi connectivity index (χ4n) is 9.32. The zero-order valence-electron chi connectivity index (χ0n) is 51.3. The number of hydrogen-bond acceptors (Lipinski definition) is 16. The highest BCUT2D eigenvalue weighted by molar-refractivity contribution is 7.99. The second kappa shape index (κ2) is 38.9. The summed E-state index contributed by atoms with van der Waals surface area (Å²) < 4.78 is 11.6. The van der Waals surface area contributed by atoms with Crippen LogP contribution in [0.5, 0.6) is 0 Å². The Kier molecular flexibility index (Phi) is 34.8. The van der Waals surface area contributed by atoms with Crippen LogP contribution >= 0.6 is 23.1 Å². The Morgan fingerprint density at radius 2 is 1.59 bits per heavy atom. The lowest BCUT2D eigenvalue weighted by molar-refractivity contribution is -0.248. The Bertz CT molecular complexity index is 2310. The maximum Gasteiger partial charge on any atom is 0.306 e. The van der Waals surface area contributed by atoms with E-state index < -0.39 is 47.3 Å². The molecular formula is C60H99N7O13S2. The highest BCUT2D eigenvalue weighted by Gasteiger charge is 2.40. The fraction of sp³-hybridized carbons (Fsp3) is 0.717. The molecule has 0 bridgehead atoms. The van der Waals surface area contributed by atoms with Crippen molar-refractivity contribution in [2.24, 2.45) is 29.6 Å². The number of anilines is 1. The number of Topliss-reactive ketones (excluding diaryl/α,β-unsaturated/α-hetero) is 2. The molecule has 2 rings (SSSR count). The van der Waals surface area contributed by atoms with Crippen molar-refractivity contribution < 1.29 is 63.1 Å². The molecule has 0 spiro atoms. The molecule has 22 heteroatoms. The summed E-state index contributed by atoms with van der Waals surface area (Å²) in [6.07, 6.45) is 6.49. The summed E-state index contributed by atoms with van der Waals surface area (Å²) in [6, 6.07) is 4.63. The van der Waals surface area contributed by atoms with Crippen molar-refractivity contribution in [1.82, 2.24) is 30.7 Å². The van der Waals surface area contributed by atoms with Crippen molar-refractivity contribution in [2.45, 2.75) is 176 Å². The predicted molar refractivity (Wildman–Crippen MR) is 323 cm³/mol. The average Bonchev–Trinajstić information content (AvgIpc) is 4.12. The van der Waals surface area contributed by atoms with Crippen LogP contribution in [0.1, 0.15) is 172 Å². The van der Waals surface area contributed by atoms with Gasteiger partial charge in [0.15, 0.2) is 5.78 Å². The van der Waals surface area contributed by atoms with Gasteiger partial charge < -0.3 is 40.7 Å². The minimum atomic E-state index is -1.01. The van der Waals surface area contributed by atoms with Crippen molar-refractivity contribution in [3.8, 4) is 0 Å².